The quantitative estimate of drug-likeness (QED) is 0.559. The Morgan fingerprint density at radius 2 is 2.06 bits per heavy atom. The highest BCUT2D eigenvalue weighted by molar-refractivity contribution is 6.04. The molecule has 1 rings (SSSR count). The van der Waals surface area contributed by atoms with Crippen LogP contribution in [0.25, 0.3) is 0 Å². The van der Waals surface area contributed by atoms with Crippen molar-refractivity contribution in [3.8, 4) is 5.75 Å². The van der Waals surface area contributed by atoms with Gasteiger partial charge in [-0.3, -0.25) is 4.79 Å². The number of allylic oxidation sites excluding steroid dienone is 1. The van der Waals surface area contributed by atoms with Gasteiger partial charge in [-0.05, 0) is 26.0 Å². The number of ether oxygens (including phenoxy) is 1. The number of hydrogen-bond donors (Lipinski definition) is 0. The molecule has 0 heterocycles. The van der Waals surface area contributed by atoms with Crippen molar-refractivity contribution in [3.05, 3.63) is 42.1 Å². The molecule has 0 amide bonds. The van der Waals surface area contributed by atoms with Gasteiger partial charge in [-0.1, -0.05) is 12.1 Å². The van der Waals surface area contributed by atoms with Crippen LogP contribution in [-0.2, 0) is 0 Å². The molecule has 3 heteroatoms. The zero-order valence-electron chi connectivity index (χ0n) is 10.6. The average Bonchev–Trinajstić information content (AvgIpc) is 2.39. The van der Waals surface area contributed by atoms with Crippen molar-refractivity contribution >= 4 is 5.78 Å². The Bertz CT molecular complexity index is 395. The van der Waals surface area contributed by atoms with Gasteiger partial charge in [0.2, 0.25) is 0 Å². The van der Waals surface area contributed by atoms with Crippen LogP contribution in [0.1, 0.15) is 24.2 Å². The highest BCUT2D eigenvalue weighted by Gasteiger charge is 2.03. The highest BCUT2D eigenvalue weighted by atomic mass is 16.5. The number of benzene rings is 1. The number of ketones is 1. The van der Waals surface area contributed by atoms with Gasteiger partial charge in [-0.2, -0.15) is 0 Å². The molecule has 0 aliphatic rings. The lowest BCUT2D eigenvalue weighted by Gasteiger charge is -2.14. The van der Waals surface area contributed by atoms with Crippen molar-refractivity contribution in [1.29, 1.82) is 0 Å². The lowest BCUT2D eigenvalue weighted by atomic mass is 10.1. The molecular weight excluding hydrogens is 214 g/mol. The fourth-order valence-corrected chi connectivity index (χ4v) is 1.48. The molecule has 0 fully saturated rings. The summed E-state index contributed by atoms with van der Waals surface area (Å²) in [6.45, 7) is 5.92. The molecule has 1 aromatic rings. The van der Waals surface area contributed by atoms with Crippen LogP contribution >= 0.6 is 0 Å². The van der Waals surface area contributed by atoms with Crippen LogP contribution in [0.5, 0.6) is 5.75 Å². The van der Waals surface area contributed by atoms with Crippen molar-refractivity contribution in [3.63, 3.8) is 0 Å². The van der Waals surface area contributed by atoms with Gasteiger partial charge in [0.1, 0.15) is 5.75 Å². The smallest absolute Gasteiger partial charge is 0.187 e. The van der Waals surface area contributed by atoms with Crippen molar-refractivity contribution in [2.75, 3.05) is 20.2 Å². The standard InChI is InChI=1S/C14H19NO2/c1-4-15(5-2)10-9-14(16)12-7-6-8-13(11-12)17-3/h6-11H,4-5H2,1-3H3. The number of carbonyl (C=O) groups is 1. The Kier molecular flexibility index (Phi) is 5.27. The third-order valence-electron chi connectivity index (χ3n) is 2.60. The molecule has 0 spiro atoms. The number of rotatable bonds is 6. The largest absolute Gasteiger partial charge is 0.497 e. The third-order valence-corrected chi connectivity index (χ3v) is 2.60. The maximum absolute atomic E-state index is 11.9. The Morgan fingerprint density at radius 1 is 1.35 bits per heavy atom. The maximum atomic E-state index is 11.9. The molecule has 1 aromatic carbocycles. The predicted molar refractivity (Wildman–Crippen MR) is 69.4 cm³/mol. The van der Waals surface area contributed by atoms with Gasteiger partial charge < -0.3 is 9.64 Å². The van der Waals surface area contributed by atoms with Gasteiger partial charge in [0.05, 0.1) is 7.11 Å². The molecule has 0 saturated heterocycles. The third kappa shape index (κ3) is 3.94. The van der Waals surface area contributed by atoms with Crippen molar-refractivity contribution in [2.24, 2.45) is 0 Å². The second-order valence-electron chi connectivity index (χ2n) is 3.63. The summed E-state index contributed by atoms with van der Waals surface area (Å²) in [5, 5.41) is 0. The van der Waals surface area contributed by atoms with Crippen molar-refractivity contribution in [2.45, 2.75) is 13.8 Å². The topological polar surface area (TPSA) is 29.5 Å². The monoisotopic (exact) mass is 233 g/mol. The van der Waals surface area contributed by atoms with Crippen molar-refractivity contribution < 1.29 is 9.53 Å². The van der Waals surface area contributed by atoms with Gasteiger partial charge >= 0.3 is 0 Å². The predicted octanol–water partition coefficient (Wildman–Crippen LogP) is 2.73. The number of hydrogen-bond acceptors (Lipinski definition) is 3. The Balaban J connectivity index is 2.75. The van der Waals surface area contributed by atoms with E-state index in [1.165, 1.54) is 0 Å². The molecular formula is C14H19NO2. The summed E-state index contributed by atoms with van der Waals surface area (Å²) < 4.78 is 5.09. The van der Waals surface area contributed by atoms with Crippen LogP contribution in [-0.4, -0.2) is 30.9 Å². The fraction of sp³-hybridized carbons (Fsp3) is 0.357. The van der Waals surface area contributed by atoms with Crippen LogP contribution in [0.4, 0.5) is 0 Å². The van der Waals surface area contributed by atoms with Crippen LogP contribution in [0.3, 0.4) is 0 Å². The average molecular weight is 233 g/mol. The van der Waals surface area contributed by atoms with Gasteiger partial charge in [-0.25, -0.2) is 0 Å². The van der Waals surface area contributed by atoms with E-state index < -0.39 is 0 Å². The van der Waals surface area contributed by atoms with E-state index in [4.69, 9.17) is 4.74 Å². The zero-order chi connectivity index (χ0) is 12.7. The Hall–Kier alpha value is -1.77. The van der Waals surface area contributed by atoms with E-state index in [2.05, 4.69) is 18.7 Å². The van der Waals surface area contributed by atoms with E-state index in [9.17, 15) is 4.79 Å². The van der Waals surface area contributed by atoms with E-state index in [0.717, 1.165) is 13.1 Å². The molecule has 17 heavy (non-hydrogen) atoms. The van der Waals surface area contributed by atoms with Gasteiger partial charge in [0.15, 0.2) is 5.78 Å². The maximum Gasteiger partial charge on any atom is 0.187 e. The molecule has 0 N–H and O–H groups in total. The highest BCUT2D eigenvalue weighted by Crippen LogP contribution is 2.13. The normalized spacial score (nSPS) is 10.5. The van der Waals surface area contributed by atoms with Crippen LogP contribution in [0.2, 0.25) is 0 Å². The molecule has 0 aliphatic heterocycles. The first-order valence-corrected chi connectivity index (χ1v) is 5.81. The minimum atomic E-state index is -0.00389. The summed E-state index contributed by atoms with van der Waals surface area (Å²) in [6, 6.07) is 7.18. The molecule has 3 nitrogen and oxygen atoms in total. The SMILES string of the molecule is CCN(C=CC(=O)c1cccc(OC)c1)CC. The first-order chi connectivity index (χ1) is 8.21. The second kappa shape index (κ2) is 6.74. The molecule has 0 saturated carbocycles. The van der Waals surface area contributed by atoms with Crippen LogP contribution in [0, 0.1) is 0 Å². The summed E-state index contributed by atoms with van der Waals surface area (Å²) in [4.78, 5) is 13.9. The molecule has 0 aliphatic carbocycles. The summed E-state index contributed by atoms with van der Waals surface area (Å²) >= 11 is 0. The number of nitrogens with zero attached hydrogens (tertiary/aromatic N) is 1. The summed E-state index contributed by atoms with van der Waals surface area (Å²) in [5.41, 5.74) is 0.646. The van der Waals surface area contributed by atoms with E-state index in [1.54, 1.807) is 25.3 Å². The number of carbonyl (C=O) groups excluding carboxylic acids is 1. The molecule has 0 atom stereocenters. The van der Waals surface area contributed by atoms with Crippen molar-refractivity contribution in [1.82, 2.24) is 4.90 Å². The summed E-state index contributed by atoms with van der Waals surface area (Å²) in [5.74, 6) is 0.697. The van der Waals surface area contributed by atoms with Crippen LogP contribution in [0.15, 0.2) is 36.5 Å². The van der Waals surface area contributed by atoms with Gasteiger partial charge in [-0.15, -0.1) is 0 Å². The lowest BCUT2D eigenvalue weighted by molar-refractivity contribution is 0.104. The zero-order valence-corrected chi connectivity index (χ0v) is 10.6. The van der Waals surface area contributed by atoms with E-state index in [0.29, 0.717) is 11.3 Å². The Labute approximate surface area is 103 Å². The molecule has 0 unspecified atom stereocenters. The fourth-order valence-electron chi connectivity index (χ4n) is 1.48. The van der Waals surface area contributed by atoms with Gasteiger partial charge in [0, 0.05) is 30.9 Å². The van der Waals surface area contributed by atoms with Crippen LogP contribution < -0.4 is 4.74 Å². The Morgan fingerprint density at radius 3 is 2.65 bits per heavy atom. The lowest BCUT2D eigenvalue weighted by Crippen LogP contribution is -2.15. The summed E-state index contributed by atoms with van der Waals surface area (Å²) in [7, 11) is 1.59. The minimum absolute atomic E-state index is 0.00389. The molecule has 0 radical (unpaired) electrons. The van der Waals surface area contributed by atoms with E-state index in [1.807, 2.05) is 18.3 Å². The second-order valence-corrected chi connectivity index (χ2v) is 3.63. The van der Waals surface area contributed by atoms with Gasteiger partial charge in [0.25, 0.3) is 0 Å². The first kappa shape index (κ1) is 13.3. The minimum Gasteiger partial charge on any atom is -0.497 e. The van der Waals surface area contributed by atoms with E-state index in [-0.39, 0.29) is 5.78 Å². The van der Waals surface area contributed by atoms with E-state index >= 15 is 0 Å². The molecule has 0 aromatic heterocycles. The molecule has 0 bridgehead atoms. The number of methoxy groups -OCH3 is 1. The summed E-state index contributed by atoms with van der Waals surface area (Å²) in [6.07, 6.45) is 3.43. The molecule has 92 valence electrons. The first-order valence-electron chi connectivity index (χ1n) is 5.81.